The molecular formula is C12H12N2O2. The molecule has 0 saturated carbocycles. The zero-order chi connectivity index (χ0) is 11.5. The van der Waals surface area contributed by atoms with Gasteiger partial charge >= 0.3 is 0 Å². The highest BCUT2D eigenvalue weighted by atomic mass is 16.3. The number of benzene rings is 1. The first-order chi connectivity index (χ1) is 7.74. The summed E-state index contributed by atoms with van der Waals surface area (Å²) in [6, 6.07) is 5.26. The molecule has 0 saturated heterocycles. The number of aromatic nitrogens is 2. The van der Waals surface area contributed by atoms with Gasteiger partial charge in [-0.25, -0.2) is 0 Å². The lowest BCUT2D eigenvalue weighted by atomic mass is 10.0. The Labute approximate surface area is 93.1 Å². The van der Waals surface area contributed by atoms with Crippen LogP contribution in [0.5, 0.6) is 0 Å². The summed E-state index contributed by atoms with van der Waals surface area (Å²) in [5.74, 6) is 0. The molecule has 1 heterocycles. The third-order valence-corrected chi connectivity index (χ3v) is 2.44. The van der Waals surface area contributed by atoms with Gasteiger partial charge in [-0.3, -0.25) is 9.48 Å². The van der Waals surface area contributed by atoms with Crippen LogP contribution in [0.3, 0.4) is 0 Å². The summed E-state index contributed by atoms with van der Waals surface area (Å²) in [4.78, 5) is 10.9. The predicted molar refractivity (Wildman–Crippen MR) is 60.0 cm³/mol. The molecule has 0 atom stereocenters. The molecule has 4 heteroatoms. The van der Waals surface area contributed by atoms with Crippen LogP contribution < -0.4 is 0 Å². The first-order valence-corrected chi connectivity index (χ1v) is 4.92. The van der Waals surface area contributed by atoms with E-state index in [1.165, 1.54) is 0 Å². The molecule has 0 aliphatic rings. The second kappa shape index (κ2) is 4.28. The minimum absolute atomic E-state index is 0.0353. The molecule has 1 aromatic carbocycles. The number of aliphatic hydroxyl groups excluding tert-OH is 1. The lowest BCUT2D eigenvalue weighted by molar-refractivity contribution is 0.112. The summed E-state index contributed by atoms with van der Waals surface area (Å²) in [5, 5.41) is 13.1. The van der Waals surface area contributed by atoms with Crippen LogP contribution in [0.1, 0.15) is 15.9 Å². The molecule has 1 aromatic heterocycles. The summed E-state index contributed by atoms with van der Waals surface area (Å²) in [7, 11) is 1.82. The number of hydrogen-bond acceptors (Lipinski definition) is 3. The van der Waals surface area contributed by atoms with Crippen molar-refractivity contribution in [1.82, 2.24) is 9.78 Å². The molecule has 0 radical (unpaired) electrons. The monoisotopic (exact) mass is 216 g/mol. The van der Waals surface area contributed by atoms with Gasteiger partial charge in [0.2, 0.25) is 0 Å². The number of hydrogen-bond donors (Lipinski definition) is 1. The van der Waals surface area contributed by atoms with E-state index in [1.807, 2.05) is 13.2 Å². The highest BCUT2D eigenvalue weighted by Crippen LogP contribution is 2.23. The Bertz CT molecular complexity index is 517. The van der Waals surface area contributed by atoms with Crippen molar-refractivity contribution in [3.05, 3.63) is 41.7 Å². The summed E-state index contributed by atoms with van der Waals surface area (Å²) in [6.07, 6.45) is 4.34. The summed E-state index contributed by atoms with van der Waals surface area (Å²) in [5.41, 5.74) is 3.06. The third kappa shape index (κ3) is 1.87. The van der Waals surface area contributed by atoms with Crippen molar-refractivity contribution in [3.63, 3.8) is 0 Å². The van der Waals surface area contributed by atoms with Crippen molar-refractivity contribution < 1.29 is 9.90 Å². The second-order valence-corrected chi connectivity index (χ2v) is 3.60. The highest BCUT2D eigenvalue weighted by molar-refractivity contribution is 5.87. The molecule has 0 aliphatic carbocycles. The Balaban J connectivity index is 2.56. The van der Waals surface area contributed by atoms with Crippen molar-refractivity contribution in [2.45, 2.75) is 6.61 Å². The van der Waals surface area contributed by atoms with Gasteiger partial charge in [0.25, 0.3) is 0 Å². The Hall–Kier alpha value is -1.94. The van der Waals surface area contributed by atoms with Crippen molar-refractivity contribution >= 4 is 6.29 Å². The number of aryl methyl sites for hydroxylation is 1. The summed E-state index contributed by atoms with van der Waals surface area (Å²) < 4.78 is 1.68. The Morgan fingerprint density at radius 1 is 1.50 bits per heavy atom. The Kier molecular flexibility index (Phi) is 2.83. The van der Waals surface area contributed by atoms with E-state index in [1.54, 1.807) is 29.1 Å². The van der Waals surface area contributed by atoms with E-state index in [4.69, 9.17) is 5.11 Å². The normalized spacial score (nSPS) is 10.4. The first-order valence-electron chi connectivity index (χ1n) is 4.92. The van der Waals surface area contributed by atoms with Gasteiger partial charge in [-0.05, 0) is 17.2 Å². The van der Waals surface area contributed by atoms with E-state index in [9.17, 15) is 4.79 Å². The minimum atomic E-state index is -0.0353. The molecule has 16 heavy (non-hydrogen) atoms. The van der Waals surface area contributed by atoms with Crippen molar-refractivity contribution in [3.8, 4) is 11.1 Å². The van der Waals surface area contributed by atoms with E-state index < -0.39 is 0 Å². The average molecular weight is 216 g/mol. The van der Waals surface area contributed by atoms with E-state index >= 15 is 0 Å². The van der Waals surface area contributed by atoms with E-state index in [-0.39, 0.29) is 6.61 Å². The van der Waals surface area contributed by atoms with E-state index in [0.29, 0.717) is 5.56 Å². The number of rotatable bonds is 3. The summed E-state index contributed by atoms with van der Waals surface area (Å²) >= 11 is 0. The Morgan fingerprint density at radius 3 is 2.88 bits per heavy atom. The van der Waals surface area contributed by atoms with Gasteiger partial charge in [0, 0.05) is 24.4 Å². The first kappa shape index (κ1) is 10.6. The SMILES string of the molecule is Cn1cc(-c2cc(CO)ccc2C=O)cn1. The molecule has 2 aromatic rings. The quantitative estimate of drug-likeness (QED) is 0.789. The second-order valence-electron chi connectivity index (χ2n) is 3.60. The number of aldehydes is 1. The number of carbonyl (C=O) groups is 1. The van der Waals surface area contributed by atoms with Crippen LogP contribution in [0.15, 0.2) is 30.6 Å². The molecule has 0 amide bonds. The fourth-order valence-corrected chi connectivity index (χ4v) is 1.61. The fraction of sp³-hybridized carbons (Fsp3) is 0.167. The van der Waals surface area contributed by atoms with Crippen LogP contribution >= 0.6 is 0 Å². The molecule has 0 fully saturated rings. The van der Waals surface area contributed by atoms with Crippen molar-refractivity contribution in [2.24, 2.45) is 7.05 Å². The Morgan fingerprint density at radius 2 is 2.31 bits per heavy atom. The fourth-order valence-electron chi connectivity index (χ4n) is 1.61. The summed E-state index contributed by atoms with van der Waals surface area (Å²) in [6.45, 7) is -0.0353. The molecule has 0 unspecified atom stereocenters. The predicted octanol–water partition coefficient (Wildman–Crippen LogP) is 1.39. The third-order valence-electron chi connectivity index (χ3n) is 2.44. The van der Waals surface area contributed by atoms with Crippen LogP contribution in [0, 0.1) is 0 Å². The maximum atomic E-state index is 10.9. The molecule has 0 bridgehead atoms. The van der Waals surface area contributed by atoms with Crippen LogP contribution in [0.25, 0.3) is 11.1 Å². The molecule has 2 rings (SSSR count). The molecule has 0 spiro atoms. The highest BCUT2D eigenvalue weighted by Gasteiger charge is 2.07. The van der Waals surface area contributed by atoms with Gasteiger partial charge in [-0.15, -0.1) is 0 Å². The van der Waals surface area contributed by atoms with Crippen molar-refractivity contribution in [1.29, 1.82) is 0 Å². The molecule has 1 N–H and O–H groups in total. The smallest absolute Gasteiger partial charge is 0.150 e. The van der Waals surface area contributed by atoms with Crippen LogP contribution in [-0.4, -0.2) is 21.2 Å². The standard InChI is InChI=1S/C12H12N2O2/c1-14-6-11(5-13-14)12-4-9(7-15)2-3-10(12)8-16/h2-6,8,15H,7H2,1H3. The van der Waals surface area contributed by atoms with Gasteiger partial charge in [-0.2, -0.15) is 5.10 Å². The molecule has 4 nitrogen and oxygen atoms in total. The zero-order valence-electron chi connectivity index (χ0n) is 8.92. The largest absolute Gasteiger partial charge is 0.392 e. The van der Waals surface area contributed by atoms with E-state index in [2.05, 4.69) is 5.10 Å². The van der Waals surface area contributed by atoms with Crippen LogP contribution in [0.4, 0.5) is 0 Å². The van der Waals surface area contributed by atoms with Gasteiger partial charge in [0.1, 0.15) is 0 Å². The maximum absolute atomic E-state index is 10.9. The molecule has 0 aliphatic heterocycles. The maximum Gasteiger partial charge on any atom is 0.150 e. The van der Waals surface area contributed by atoms with Crippen LogP contribution in [-0.2, 0) is 13.7 Å². The van der Waals surface area contributed by atoms with Gasteiger partial charge in [-0.1, -0.05) is 12.1 Å². The van der Waals surface area contributed by atoms with Gasteiger partial charge < -0.3 is 5.11 Å². The van der Waals surface area contributed by atoms with Crippen LogP contribution in [0.2, 0.25) is 0 Å². The average Bonchev–Trinajstić information content (AvgIpc) is 2.75. The van der Waals surface area contributed by atoms with Gasteiger partial charge in [0.15, 0.2) is 6.29 Å². The number of nitrogens with zero attached hydrogens (tertiary/aromatic N) is 2. The number of aliphatic hydroxyl groups is 1. The zero-order valence-corrected chi connectivity index (χ0v) is 8.92. The minimum Gasteiger partial charge on any atom is -0.392 e. The molecule has 82 valence electrons. The van der Waals surface area contributed by atoms with E-state index in [0.717, 1.165) is 23.0 Å². The van der Waals surface area contributed by atoms with Gasteiger partial charge in [0.05, 0.1) is 12.8 Å². The lowest BCUT2D eigenvalue weighted by Gasteiger charge is -2.04. The lowest BCUT2D eigenvalue weighted by Crippen LogP contribution is -1.91. The molecular weight excluding hydrogens is 204 g/mol. The van der Waals surface area contributed by atoms with Crippen molar-refractivity contribution in [2.75, 3.05) is 0 Å². The topological polar surface area (TPSA) is 55.1 Å². The number of carbonyl (C=O) groups excluding carboxylic acids is 1.